The van der Waals surface area contributed by atoms with Crippen molar-refractivity contribution in [3.05, 3.63) is 100 Å². The maximum Gasteiger partial charge on any atom is 0.269 e. The molecule has 5 rings (SSSR count). The molecular weight excluding hydrogens is 510 g/mol. The first kappa shape index (κ1) is 23.0. The number of non-ortho nitro benzene ring substituents is 1. The van der Waals surface area contributed by atoms with E-state index in [0.717, 1.165) is 5.39 Å². The number of fused-ring (bicyclic) bond motifs is 1. The number of halogens is 1. The number of nitrogens with zero attached hydrogens (tertiary/aromatic N) is 3. The molecule has 0 unspecified atom stereocenters. The molecule has 0 aliphatic rings. The summed E-state index contributed by atoms with van der Waals surface area (Å²) in [6, 6.07) is 22.5. The van der Waals surface area contributed by atoms with E-state index in [1.54, 1.807) is 24.3 Å². The topological polar surface area (TPSA) is 116 Å². The molecular formula is C24H14ClN3O5S2. The van der Waals surface area contributed by atoms with Gasteiger partial charge in [0.1, 0.15) is 11.3 Å². The zero-order chi connectivity index (χ0) is 24.6. The molecule has 8 nitrogen and oxygen atoms in total. The lowest BCUT2D eigenvalue weighted by Gasteiger charge is -2.08. The molecule has 5 aromatic rings. The molecule has 0 saturated heterocycles. The van der Waals surface area contributed by atoms with E-state index in [1.165, 1.54) is 36.4 Å². The Morgan fingerprint density at radius 2 is 1.57 bits per heavy atom. The highest BCUT2D eigenvalue weighted by atomic mass is 35.5. The first-order chi connectivity index (χ1) is 16.8. The summed E-state index contributed by atoms with van der Waals surface area (Å²) in [5, 5.41) is 12.3. The zero-order valence-electron chi connectivity index (χ0n) is 17.7. The van der Waals surface area contributed by atoms with Crippen LogP contribution in [0.3, 0.4) is 0 Å². The van der Waals surface area contributed by atoms with E-state index in [0.29, 0.717) is 44.1 Å². The van der Waals surface area contributed by atoms with Crippen LogP contribution < -0.4 is 0 Å². The number of nitro groups is 1. The van der Waals surface area contributed by atoms with Crippen LogP contribution >= 0.6 is 22.4 Å². The molecule has 2 heterocycles. The second-order valence-electron chi connectivity index (χ2n) is 7.36. The lowest BCUT2D eigenvalue weighted by molar-refractivity contribution is -0.384. The van der Waals surface area contributed by atoms with E-state index in [4.69, 9.17) is 16.0 Å². The standard InChI is InChI=1S/C24H14ClN3O5S2/c25-17-7-11-19(12-8-17)35(31,32)34-24-26-20(15-5-9-18(10-6-15)28(29)30)14-21(27-24)23-13-16-3-1-2-4-22(16)33-23/h1-14H. The molecule has 0 amide bonds. The van der Waals surface area contributed by atoms with Gasteiger partial charge in [0.25, 0.3) is 5.69 Å². The minimum atomic E-state index is -3.86. The predicted octanol–water partition coefficient (Wildman–Crippen LogP) is 6.60. The molecule has 0 fully saturated rings. The Labute approximate surface area is 208 Å². The molecule has 0 spiro atoms. The molecule has 0 aliphatic carbocycles. The van der Waals surface area contributed by atoms with Crippen molar-refractivity contribution in [2.45, 2.75) is 10.1 Å². The van der Waals surface area contributed by atoms with E-state index in [-0.39, 0.29) is 15.7 Å². The molecule has 0 radical (unpaired) electrons. The number of para-hydroxylation sites is 1. The molecule has 0 aliphatic heterocycles. The SMILES string of the molecule is O=[N+]([O-])c1ccc(-c2cc(-c3cc4ccccc4o3)nc(SS(=O)(=O)c3ccc(Cl)cc3)n2)cc1. The highest BCUT2D eigenvalue weighted by molar-refractivity contribution is 8.72. The Morgan fingerprint density at radius 1 is 0.886 bits per heavy atom. The molecule has 2 aromatic heterocycles. The van der Waals surface area contributed by atoms with Crippen LogP contribution in [0.2, 0.25) is 5.02 Å². The second-order valence-corrected chi connectivity index (χ2v) is 11.5. The summed E-state index contributed by atoms with van der Waals surface area (Å²) in [4.78, 5) is 19.5. The number of nitro benzene ring substituents is 1. The third-order valence-electron chi connectivity index (χ3n) is 5.04. The second kappa shape index (κ2) is 9.14. The number of hydrogen-bond donors (Lipinski definition) is 0. The van der Waals surface area contributed by atoms with Gasteiger partial charge in [-0.1, -0.05) is 29.8 Å². The molecule has 0 N–H and O–H groups in total. The van der Waals surface area contributed by atoms with Crippen molar-refractivity contribution >= 4 is 47.9 Å². The Bertz CT molecular complexity index is 1640. The highest BCUT2D eigenvalue weighted by Gasteiger charge is 2.21. The summed E-state index contributed by atoms with van der Waals surface area (Å²) in [7, 11) is -3.36. The maximum absolute atomic E-state index is 13.0. The normalized spacial score (nSPS) is 11.6. The van der Waals surface area contributed by atoms with Crippen molar-refractivity contribution in [1.29, 1.82) is 0 Å². The minimum absolute atomic E-state index is 0.0220. The summed E-state index contributed by atoms with van der Waals surface area (Å²) in [5.41, 5.74) is 1.90. The van der Waals surface area contributed by atoms with Gasteiger partial charge in [-0.3, -0.25) is 10.1 Å². The minimum Gasteiger partial charge on any atom is -0.454 e. The van der Waals surface area contributed by atoms with Crippen LogP contribution in [0.5, 0.6) is 0 Å². The smallest absolute Gasteiger partial charge is 0.269 e. The van der Waals surface area contributed by atoms with Crippen molar-refractivity contribution < 1.29 is 17.8 Å². The van der Waals surface area contributed by atoms with Crippen molar-refractivity contribution in [2.75, 3.05) is 0 Å². The van der Waals surface area contributed by atoms with Gasteiger partial charge >= 0.3 is 0 Å². The van der Waals surface area contributed by atoms with Crippen LogP contribution in [0.4, 0.5) is 5.69 Å². The van der Waals surface area contributed by atoms with E-state index < -0.39 is 13.8 Å². The molecule has 174 valence electrons. The maximum atomic E-state index is 13.0. The van der Waals surface area contributed by atoms with Gasteiger partial charge in [-0.15, -0.1) is 0 Å². The first-order valence-corrected chi connectivity index (χ1v) is 13.3. The fourth-order valence-corrected chi connectivity index (χ4v) is 5.94. The monoisotopic (exact) mass is 523 g/mol. The van der Waals surface area contributed by atoms with Crippen LogP contribution in [-0.2, 0) is 8.87 Å². The van der Waals surface area contributed by atoms with E-state index in [9.17, 15) is 18.5 Å². The number of aromatic nitrogens is 2. The summed E-state index contributed by atoms with van der Waals surface area (Å²) in [6.07, 6.45) is 0. The average Bonchev–Trinajstić information content (AvgIpc) is 3.28. The predicted molar refractivity (Wildman–Crippen MR) is 134 cm³/mol. The molecule has 11 heteroatoms. The number of hydrogen-bond acceptors (Lipinski definition) is 8. The highest BCUT2D eigenvalue weighted by Crippen LogP contribution is 2.34. The molecule has 0 atom stereocenters. The molecule has 0 bridgehead atoms. The summed E-state index contributed by atoms with van der Waals surface area (Å²) in [6.45, 7) is 0. The van der Waals surface area contributed by atoms with Gasteiger partial charge in [0.15, 0.2) is 5.76 Å². The zero-order valence-corrected chi connectivity index (χ0v) is 20.0. The van der Waals surface area contributed by atoms with Crippen LogP contribution in [0.15, 0.2) is 99.4 Å². The fourth-order valence-electron chi connectivity index (χ4n) is 3.35. The Morgan fingerprint density at radius 3 is 2.26 bits per heavy atom. The lowest BCUT2D eigenvalue weighted by Crippen LogP contribution is -2.00. The largest absolute Gasteiger partial charge is 0.454 e. The molecule has 35 heavy (non-hydrogen) atoms. The fraction of sp³-hybridized carbons (Fsp3) is 0. The Kier molecular flexibility index (Phi) is 6.01. The van der Waals surface area contributed by atoms with Crippen molar-refractivity contribution in [1.82, 2.24) is 9.97 Å². The van der Waals surface area contributed by atoms with Crippen LogP contribution in [0, 0.1) is 10.1 Å². The van der Waals surface area contributed by atoms with Gasteiger partial charge in [0.05, 0.1) is 26.3 Å². The van der Waals surface area contributed by atoms with E-state index in [1.807, 2.05) is 24.3 Å². The van der Waals surface area contributed by atoms with Gasteiger partial charge in [-0.25, -0.2) is 18.4 Å². The van der Waals surface area contributed by atoms with Crippen LogP contribution in [0.25, 0.3) is 33.7 Å². The molecule has 3 aromatic carbocycles. The van der Waals surface area contributed by atoms with E-state index in [2.05, 4.69) is 9.97 Å². The van der Waals surface area contributed by atoms with Crippen LogP contribution in [0.1, 0.15) is 0 Å². The van der Waals surface area contributed by atoms with Crippen molar-refractivity contribution in [3.63, 3.8) is 0 Å². The van der Waals surface area contributed by atoms with Gasteiger partial charge in [0.2, 0.25) is 14.0 Å². The molecule has 0 saturated carbocycles. The quantitative estimate of drug-likeness (QED) is 0.106. The average molecular weight is 524 g/mol. The summed E-state index contributed by atoms with van der Waals surface area (Å²) < 4.78 is 31.9. The van der Waals surface area contributed by atoms with Crippen molar-refractivity contribution in [2.24, 2.45) is 0 Å². The number of furan rings is 1. The Hall–Kier alpha value is -3.73. The van der Waals surface area contributed by atoms with Gasteiger partial charge < -0.3 is 4.42 Å². The van der Waals surface area contributed by atoms with Gasteiger partial charge in [-0.05, 0) is 54.6 Å². The van der Waals surface area contributed by atoms with Gasteiger partial charge in [0, 0.05) is 28.1 Å². The van der Waals surface area contributed by atoms with Gasteiger partial charge in [-0.2, -0.15) is 0 Å². The Balaban J connectivity index is 1.61. The third-order valence-corrected chi connectivity index (χ3v) is 8.38. The van der Waals surface area contributed by atoms with Crippen LogP contribution in [-0.4, -0.2) is 23.3 Å². The number of rotatable bonds is 6. The number of benzene rings is 3. The van der Waals surface area contributed by atoms with E-state index >= 15 is 0 Å². The lowest BCUT2D eigenvalue weighted by atomic mass is 10.1. The summed E-state index contributed by atoms with van der Waals surface area (Å²) >= 11 is 5.88. The van der Waals surface area contributed by atoms with Crippen molar-refractivity contribution in [3.8, 4) is 22.7 Å². The first-order valence-electron chi connectivity index (χ1n) is 10.1. The third kappa shape index (κ3) is 4.90. The summed E-state index contributed by atoms with van der Waals surface area (Å²) in [5.74, 6) is 0.433.